The van der Waals surface area contributed by atoms with Crippen LogP contribution in [0.15, 0.2) is 24.9 Å². The molecular formula is C24H41N5O9S. The minimum absolute atomic E-state index is 0.165. The molecule has 15 heteroatoms. The molecule has 14 nitrogen and oxygen atoms in total. The van der Waals surface area contributed by atoms with E-state index in [9.17, 15) is 39.6 Å². The lowest BCUT2D eigenvalue weighted by Crippen LogP contribution is -2.70. The Morgan fingerprint density at radius 2 is 1.82 bits per heavy atom. The first-order chi connectivity index (χ1) is 18.5. The van der Waals surface area contributed by atoms with Crippen molar-refractivity contribution < 1.29 is 44.3 Å². The van der Waals surface area contributed by atoms with Crippen molar-refractivity contribution >= 4 is 35.6 Å². The van der Waals surface area contributed by atoms with E-state index in [0.29, 0.717) is 19.5 Å². The maximum absolute atomic E-state index is 12.7. The summed E-state index contributed by atoms with van der Waals surface area (Å²) >= 11 is 0.869. The van der Waals surface area contributed by atoms with Gasteiger partial charge in [0.1, 0.15) is 18.3 Å². The average molecular weight is 576 g/mol. The second-order valence-electron chi connectivity index (χ2n) is 9.02. The summed E-state index contributed by atoms with van der Waals surface area (Å²) in [5.41, 5.74) is 4.99. The number of carbonyl (C=O) groups excluding carboxylic acids is 3. The van der Waals surface area contributed by atoms with Crippen molar-refractivity contribution in [3.63, 3.8) is 0 Å². The molecule has 222 valence electrons. The molecule has 0 aromatic carbocycles. The molecule has 0 saturated carbocycles. The predicted octanol–water partition coefficient (Wildman–Crippen LogP) is -1.49. The van der Waals surface area contributed by atoms with Gasteiger partial charge in [0.2, 0.25) is 16.7 Å². The van der Waals surface area contributed by atoms with Crippen LogP contribution in [0, 0.1) is 0 Å². The maximum Gasteiger partial charge on any atom is 0.346 e. The monoisotopic (exact) mass is 575 g/mol. The lowest BCUT2D eigenvalue weighted by molar-refractivity contribution is -0.192. The van der Waals surface area contributed by atoms with E-state index in [4.69, 9.17) is 10.5 Å². The molecule has 1 rings (SSSR count). The van der Waals surface area contributed by atoms with E-state index in [0.717, 1.165) is 31.0 Å². The Hall–Kier alpha value is -2.85. The van der Waals surface area contributed by atoms with Crippen LogP contribution in [-0.2, 0) is 19.1 Å². The number of aliphatic hydroxyl groups is 3. The minimum Gasteiger partial charge on any atom is -0.478 e. The fraction of sp³-hybridized carbons (Fsp3) is 0.667. The first-order valence-electron chi connectivity index (χ1n) is 12.6. The van der Waals surface area contributed by atoms with Gasteiger partial charge in [0, 0.05) is 44.5 Å². The van der Waals surface area contributed by atoms with Crippen LogP contribution in [0.1, 0.15) is 39.0 Å². The zero-order chi connectivity index (χ0) is 29.4. The fourth-order valence-corrected chi connectivity index (χ4v) is 4.98. The number of carbonyl (C=O) groups is 4. The third-order valence-corrected chi connectivity index (χ3v) is 7.17. The zero-order valence-electron chi connectivity index (χ0n) is 22.0. The molecule has 1 aliphatic heterocycles. The first kappa shape index (κ1) is 34.2. The molecule has 0 spiro atoms. The van der Waals surface area contributed by atoms with Crippen LogP contribution in [0.3, 0.4) is 0 Å². The quantitative estimate of drug-likeness (QED) is 0.0519. The molecule has 39 heavy (non-hydrogen) atoms. The van der Waals surface area contributed by atoms with Gasteiger partial charge in [-0.15, -0.1) is 18.3 Å². The normalized spacial score (nSPS) is 24.4. The third-order valence-electron chi connectivity index (χ3n) is 5.87. The van der Waals surface area contributed by atoms with Gasteiger partial charge in [-0.3, -0.25) is 9.59 Å². The molecule has 10 N–H and O–H groups in total. The molecule has 1 heterocycles. The summed E-state index contributed by atoms with van der Waals surface area (Å²) in [7, 11) is 0. The summed E-state index contributed by atoms with van der Waals surface area (Å²) in [6, 6.07) is -2.74. The molecule has 0 aliphatic carbocycles. The molecule has 0 aromatic rings. The first-order valence-corrected chi connectivity index (χ1v) is 13.6. The number of nitrogens with one attached hydrogen (secondary N) is 4. The number of rotatable bonds is 18. The number of carboxylic acids is 1. The lowest BCUT2D eigenvalue weighted by Gasteiger charge is -2.48. The molecule has 1 fully saturated rings. The summed E-state index contributed by atoms with van der Waals surface area (Å²) < 4.78 is 5.80. The molecule has 0 aromatic heterocycles. The Kier molecular flexibility index (Phi) is 15.5. The van der Waals surface area contributed by atoms with E-state index >= 15 is 0 Å². The molecule has 0 bridgehead atoms. The van der Waals surface area contributed by atoms with E-state index in [-0.39, 0.29) is 12.2 Å². The van der Waals surface area contributed by atoms with Crippen LogP contribution < -0.4 is 27.0 Å². The second-order valence-corrected chi connectivity index (χ2v) is 10.3. The molecule has 1 saturated heterocycles. The Labute approximate surface area is 231 Å². The predicted molar refractivity (Wildman–Crippen MR) is 144 cm³/mol. The highest BCUT2D eigenvalue weighted by molar-refractivity contribution is 8.01. The van der Waals surface area contributed by atoms with Crippen molar-refractivity contribution in [2.45, 2.75) is 74.4 Å². The van der Waals surface area contributed by atoms with Crippen molar-refractivity contribution in [2.75, 3.05) is 25.4 Å². The molecule has 0 radical (unpaired) electrons. The Morgan fingerprint density at radius 1 is 1.15 bits per heavy atom. The van der Waals surface area contributed by atoms with E-state index in [2.05, 4.69) is 27.8 Å². The number of amides is 4. The van der Waals surface area contributed by atoms with Crippen LogP contribution in [0.2, 0.25) is 0 Å². The highest BCUT2D eigenvalue weighted by atomic mass is 32.2. The molecule has 1 aliphatic rings. The summed E-state index contributed by atoms with van der Waals surface area (Å²) in [4.78, 5) is 45.7. The number of hydrogen-bond donors (Lipinski definition) is 9. The third kappa shape index (κ3) is 11.8. The smallest absolute Gasteiger partial charge is 0.346 e. The van der Waals surface area contributed by atoms with Gasteiger partial charge in [0.15, 0.2) is 0 Å². The summed E-state index contributed by atoms with van der Waals surface area (Å²) in [6.07, 6.45) is 2.19. The highest BCUT2D eigenvalue weighted by Gasteiger charge is 2.55. The number of urea groups is 1. The van der Waals surface area contributed by atoms with Crippen molar-refractivity contribution in [1.82, 2.24) is 21.3 Å². The zero-order valence-corrected chi connectivity index (χ0v) is 22.8. The number of carboxylic acid groups (broad SMARTS) is 1. The highest BCUT2D eigenvalue weighted by Crippen LogP contribution is 2.40. The minimum atomic E-state index is -1.94. The lowest BCUT2D eigenvalue weighted by atomic mass is 9.88. The number of hydrogen-bond acceptors (Lipinski definition) is 10. The molecular weight excluding hydrogens is 534 g/mol. The number of unbranched alkanes of at least 4 members (excludes halogenated alkanes) is 3. The fourth-order valence-electron chi connectivity index (χ4n) is 3.99. The Morgan fingerprint density at radius 3 is 2.38 bits per heavy atom. The van der Waals surface area contributed by atoms with Crippen LogP contribution in [-0.4, -0.2) is 105 Å². The van der Waals surface area contributed by atoms with E-state index in [1.54, 1.807) is 0 Å². The number of ether oxygens (including phenoxy) is 1. The van der Waals surface area contributed by atoms with Gasteiger partial charge in [0.05, 0.1) is 18.7 Å². The average Bonchev–Trinajstić information content (AvgIpc) is 2.88. The summed E-state index contributed by atoms with van der Waals surface area (Å²) in [6.45, 7) is 4.95. The van der Waals surface area contributed by atoms with Crippen LogP contribution in [0.4, 0.5) is 4.79 Å². The van der Waals surface area contributed by atoms with E-state index < -0.39 is 65.8 Å². The molecule has 4 amide bonds. The van der Waals surface area contributed by atoms with Crippen molar-refractivity contribution in [1.29, 1.82) is 0 Å². The van der Waals surface area contributed by atoms with Crippen molar-refractivity contribution in [2.24, 2.45) is 5.73 Å². The van der Waals surface area contributed by atoms with Gasteiger partial charge >= 0.3 is 12.0 Å². The number of aliphatic hydroxyl groups excluding tert-OH is 3. The van der Waals surface area contributed by atoms with Gasteiger partial charge < -0.3 is 52.2 Å². The van der Waals surface area contributed by atoms with Crippen molar-refractivity contribution in [3.05, 3.63) is 24.9 Å². The van der Waals surface area contributed by atoms with Gasteiger partial charge in [0.25, 0.3) is 0 Å². The number of aliphatic carboxylic acids is 1. The van der Waals surface area contributed by atoms with Crippen LogP contribution in [0.25, 0.3) is 0 Å². The van der Waals surface area contributed by atoms with Crippen LogP contribution in [0.5, 0.6) is 0 Å². The van der Waals surface area contributed by atoms with Gasteiger partial charge in [-0.25, -0.2) is 9.59 Å². The van der Waals surface area contributed by atoms with E-state index in [1.165, 1.54) is 25.3 Å². The Bertz CT molecular complexity index is 862. The number of nitrogens with two attached hydrogens (primary N) is 1. The SMILES string of the molecule is C=CCS[C@]1(C(=O)O)C[C@H](NC(=O)NCCCCCCN/C=C/C(N)=O)[C@@H](NC(C)=O)[C@@H](C(O)[C@H](O)CO)O1. The van der Waals surface area contributed by atoms with Gasteiger partial charge in [-0.2, -0.15) is 0 Å². The van der Waals surface area contributed by atoms with E-state index in [1.807, 2.05) is 0 Å². The van der Waals surface area contributed by atoms with Gasteiger partial charge in [-0.1, -0.05) is 18.9 Å². The molecule has 6 atom stereocenters. The van der Waals surface area contributed by atoms with Gasteiger partial charge in [-0.05, 0) is 12.8 Å². The largest absolute Gasteiger partial charge is 0.478 e. The topological polar surface area (TPSA) is 233 Å². The summed E-state index contributed by atoms with van der Waals surface area (Å²) in [5.74, 6) is -2.28. The standard InChI is InChI=1S/C24H41N5O9S/c1-3-12-39-24(22(35)36)13-16(19(28-15(2)31)21(38-24)20(34)17(32)14-30)29-23(37)27-10-7-5-4-6-9-26-11-8-18(25)33/h3,8,11,16-17,19-21,26,30,32,34H,1,4-7,9-10,12-14H2,2H3,(H2,25,33)(H,28,31)(H,35,36)(H2,27,29,37)/b11-8+/t16-,17+,19+,20?,21-,24-/m0/s1. The Balaban J connectivity index is 2.86. The number of primary amides is 1. The van der Waals surface area contributed by atoms with Crippen molar-refractivity contribution in [3.8, 4) is 0 Å². The maximum atomic E-state index is 12.7. The van der Waals surface area contributed by atoms with Crippen LogP contribution >= 0.6 is 11.8 Å². The molecule has 1 unspecified atom stereocenters. The number of thioether (sulfide) groups is 1. The second kappa shape index (κ2) is 17.7. The summed E-state index contributed by atoms with van der Waals surface area (Å²) in [5, 5.41) is 51.0.